The molecule has 0 aliphatic heterocycles. The van der Waals surface area contributed by atoms with E-state index in [2.05, 4.69) is 16.0 Å². The van der Waals surface area contributed by atoms with Gasteiger partial charge in [0, 0.05) is 24.3 Å². The largest absolute Gasteiger partial charge is 0.416 e. The van der Waals surface area contributed by atoms with Gasteiger partial charge in [0.1, 0.15) is 5.82 Å². The molecule has 0 aliphatic rings. The molecule has 0 aromatic heterocycles. The molecule has 1 amide bonds. The number of thiocarbonyl (C=S) groups is 1. The van der Waals surface area contributed by atoms with Crippen molar-refractivity contribution in [2.24, 2.45) is 0 Å². The maximum atomic E-state index is 12.8. The van der Waals surface area contributed by atoms with Crippen molar-refractivity contribution in [2.45, 2.75) is 6.18 Å². The normalized spacial score (nSPS) is 10.9. The number of nitrogens with one attached hydrogen (secondary N) is 3. The van der Waals surface area contributed by atoms with E-state index in [0.717, 1.165) is 12.1 Å². The maximum absolute atomic E-state index is 12.8. The van der Waals surface area contributed by atoms with Crippen LogP contribution in [0.1, 0.15) is 15.9 Å². The van der Waals surface area contributed by atoms with Crippen molar-refractivity contribution >= 4 is 28.9 Å². The summed E-state index contributed by atoms with van der Waals surface area (Å²) in [5, 5.41) is 8.15. The number of hydrogen-bond donors (Lipinski definition) is 3. The highest BCUT2D eigenvalue weighted by Crippen LogP contribution is 2.30. The third kappa shape index (κ3) is 5.99. The van der Waals surface area contributed by atoms with Gasteiger partial charge in [0.15, 0.2) is 5.11 Å². The van der Waals surface area contributed by atoms with Crippen molar-refractivity contribution in [1.29, 1.82) is 0 Å². The molecule has 0 unspecified atom stereocenters. The molecule has 0 radical (unpaired) electrons. The van der Waals surface area contributed by atoms with Gasteiger partial charge in [-0.25, -0.2) is 4.39 Å². The van der Waals surface area contributed by atoms with Crippen LogP contribution in [0.4, 0.5) is 23.2 Å². The Morgan fingerprint density at radius 3 is 2.31 bits per heavy atom. The van der Waals surface area contributed by atoms with Crippen molar-refractivity contribution < 1.29 is 22.4 Å². The van der Waals surface area contributed by atoms with Crippen molar-refractivity contribution in [2.75, 3.05) is 18.4 Å². The second-order valence-electron chi connectivity index (χ2n) is 5.22. The second kappa shape index (κ2) is 8.61. The lowest BCUT2D eigenvalue weighted by Gasteiger charge is -2.13. The molecular weight excluding hydrogens is 370 g/mol. The first kappa shape index (κ1) is 19.6. The van der Waals surface area contributed by atoms with Crippen molar-refractivity contribution in [3.05, 3.63) is 65.5 Å². The number of carbonyl (C=O) groups excluding carboxylic acids is 1. The Balaban J connectivity index is 1.75. The maximum Gasteiger partial charge on any atom is 0.416 e. The van der Waals surface area contributed by atoms with Crippen LogP contribution in [0.15, 0.2) is 48.5 Å². The van der Waals surface area contributed by atoms with Crippen LogP contribution in [0.25, 0.3) is 0 Å². The quantitative estimate of drug-likeness (QED) is 0.419. The molecule has 26 heavy (non-hydrogen) atoms. The lowest BCUT2D eigenvalue weighted by Crippen LogP contribution is -2.36. The molecule has 2 aromatic carbocycles. The molecule has 2 aromatic rings. The first-order chi connectivity index (χ1) is 12.3. The highest BCUT2D eigenvalue weighted by Gasteiger charge is 2.30. The van der Waals surface area contributed by atoms with Crippen LogP contribution in [0, 0.1) is 5.82 Å². The predicted molar refractivity (Wildman–Crippen MR) is 94.4 cm³/mol. The van der Waals surface area contributed by atoms with Gasteiger partial charge in [-0.05, 0) is 54.7 Å². The Morgan fingerprint density at radius 1 is 1.00 bits per heavy atom. The third-order valence-electron chi connectivity index (χ3n) is 3.25. The Labute approximate surface area is 152 Å². The number of hydrogen-bond acceptors (Lipinski definition) is 2. The van der Waals surface area contributed by atoms with E-state index in [9.17, 15) is 22.4 Å². The first-order valence-electron chi connectivity index (χ1n) is 7.51. The van der Waals surface area contributed by atoms with Crippen LogP contribution in [-0.2, 0) is 6.18 Å². The van der Waals surface area contributed by atoms with Crippen LogP contribution >= 0.6 is 12.2 Å². The van der Waals surface area contributed by atoms with Gasteiger partial charge in [0.05, 0.1) is 5.56 Å². The first-order valence-corrected chi connectivity index (χ1v) is 7.92. The van der Waals surface area contributed by atoms with Crippen LogP contribution < -0.4 is 16.0 Å². The fourth-order valence-corrected chi connectivity index (χ4v) is 2.22. The summed E-state index contributed by atoms with van der Waals surface area (Å²) in [6.45, 7) is 0.484. The highest BCUT2D eigenvalue weighted by molar-refractivity contribution is 7.80. The van der Waals surface area contributed by atoms with E-state index in [4.69, 9.17) is 12.2 Å². The summed E-state index contributed by atoms with van der Waals surface area (Å²) in [5.41, 5.74) is -0.263. The molecule has 138 valence electrons. The van der Waals surface area contributed by atoms with E-state index >= 15 is 0 Å². The fourth-order valence-electron chi connectivity index (χ4n) is 2.00. The van der Waals surface area contributed by atoms with Gasteiger partial charge < -0.3 is 16.0 Å². The minimum atomic E-state index is -4.43. The number of rotatable bonds is 5. The zero-order chi connectivity index (χ0) is 19.2. The van der Waals surface area contributed by atoms with Crippen LogP contribution in [0.3, 0.4) is 0 Å². The Hall–Kier alpha value is -2.68. The van der Waals surface area contributed by atoms with Crippen molar-refractivity contribution in [3.8, 4) is 0 Å². The average molecular weight is 385 g/mol. The van der Waals surface area contributed by atoms with Gasteiger partial charge >= 0.3 is 6.18 Å². The zero-order valence-corrected chi connectivity index (χ0v) is 14.2. The molecule has 0 bridgehead atoms. The van der Waals surface area contributed by atoms with E-state index in [-0.39, 0.29) is 29.8 Å². The highest BCUT2D eigenvalue weighted by atomic mass is 32.1. The predicted octanol–water partition coefficient (Wildman–Crippen LogP) is 3.56. The van der Waals surface area contributed by atoms with Crippen LogP contribution in [-0.4, -0.2) is 24.1 Å². The van der Waals surface area contributed by atoms with Gasteiger partial charge in [-0.3, -0.25) is 4.79 Å². The number of alkyl halides is 3. The van der Waals surface area contributed by atoms with Gasteiger partial charge in [-0.15, -0.1) is 0 Å². The molecule has 0 aliphatic carbocycles. The number of carbonyl (C=O) groups is 1. The Morgan fingerprint density at radius 2 is 1.65 bits per heavy atom. The summed E-state index contributed by atoms with van der Waals surface area (Å²) in [4.78, 5) is 11.8. The van der Waals surface area contributed by atoms with E-state index in [1.165, 1.54) is 36.4 Å². The number of halogens is 4. The fraction of sp³-hybridized carbons (Fsp3) is 0.176. The van der Waals surface area contributed by atoms with Crippen LogP contribution in [0.5, 0.6) is 0 Å². The summed E-state index contributed by atoms with van der Waals surface area (Å²) in [5.74, 6) is -0.808. The molecule has 0 heterocycles. The monoisotopic (exact) mass is 385 g/mol. The molecule has 3 N–H and O–H groups in total. The van der Waals surface area contributed by atoms with E-state index in [1.807, 2.05) is 0 Å². The summed E-state index contributed by atoms with van der Waals surface area (Å²) in [6.07, 6.45) is -4.43. The standard InChI is InChI=1S/C17H15F4N3OS/c18-13-6-4-11(5-7-13)15(25)22-8-9-23-16(26)24-14-3-1-2-12(10-14)17(19,20)21/h1-7,10H,8-9H2,(H,22,25)(H2,23,24,26). The van der Waals surface area contributed by atoms with E-state index < -0.39 is 17.6 Å². The molecule has 0 fully saturated rings. The van der Waals surface area contributed by atoms with E-state index in [0.29, 0.717) is 5.56 Å². The molecule has 4 nitrogen and oxygen atoms in total. The number of amides is 1. The molecule has 0 atom stereocenters. The second-order valence-corrected chi connectivity index (χ2v) is 5.63. The molecular formula is C17H15F4N3OS. The third-order valence-corrected chi connectivity index (χ3v) is 3.50. The molecule has 0 saturated carbocycles. The van der Waals surface area contributed by atoms with Crippen LogP contribution in [0.2, 0.25) is 0 Å². The molecule has 0 saturated heterocycles. The zero-order valence-electron chi connectivity index (χ0n) is 13.4. The summed E-state index contributed by atoms with van der Waals surface area (Å²) < 4.78 is 50.8. The van der Waals surface area contributed by atoms with Crippen molar-refractivity contribution in [3.63, 3.8) is 0 Å². The van der Waals surface area contributed by atoms with Gasteiger partial charge in [0.25, 0.3) is 5.91 Å². The average Bonchev–Trinajstić information content (AvgIpc) is 2.58. The molecule has 9 heteroatoms. The summed E-state index contributed by atoms with van der Waals surface area (Å²) in [6, 6.07) is 9.73. The lowest BCUT2D eigenvalue weighted by atomic mass is 10.2. The minimum absolute atomic E-state index is 0.125. The van der Waals surface area contributed by atoms with Crippen molar-refractivity contribution in [1.82, 2.24) is 10.6 Å². The van der Waals surface area contributed by atoms with E-state index in [1.54, 1.807) is 0 Å². The minimum Gasteiger partial charge on any atom is -0.361 e. The van der Waals surface area contributed by atoms with Gasteiger partial charge in [-0.2, -0.15) is 13.2 Å². The topological polar surface area (TPSA) is 53.2 Å². The van der Waals surface area contributed by atoms with Gasteiger partial charge in [-0.1, -0.05) is 6.07 Å². The number of anilines is 1. The Bertz CT molecular complexity index is 778. The number of benzene rings is 2. The molecule has 2 rings (SSSR count). The smallest absolute Gasteiger partial charge is 0.361 e. The summed E-state index contributed by atoms with van der Waals surface area (Å²) >= 11 is 5.00. The SMILES string of the molecule is O=C(NCCNC(=S)Nc1cccc(C(F)(F)F)c1)c1ccc(F)cc1. The molecule has 0 spiro atoms. The lowest BCUT2D eigenvalue weighted by molar-refractivity contribution is -0.137. The summed E-state index contributed by atoms with van der Waals surface area (Å²) in [7, 11) is 0. The van der Waals surface area contributed by atoms with Gasteiger partial charge in [0.2, 0.25) is 0 Å². The Kier molecular flexibility index (Phi) is 6.51.